The summed E-state index contributed by atoms with van der Waals surface area (Å²) < 4.78 is 5.16. The second-order valence-electron chi connectivity index (χ2n) is 5.46. The summed E-state index contributed by atoms with van der Waals surface area (Å²) in [6.45, 7) is 2.94. The molecule has 4 heteroatoms. The summed E-state index contributed by atoms with van der Waals surface area (Å²) in [4.78, 5) is 11.9. The van der Waals surface area contributed by atoms with Gasteiger partial charge in [-0.25, -0.2) is 0 Å². The summed E-state index contributed by atoms with van der Waals surface area (Å²) >= 11 is 0. The lowest BCUT2D eigenvalue weighted by Gasteiger charge is -2.21. The fourth-order valence-corrected chi connectivity index (χ4v) is 2.62. The van der Waals surface area contributed by atoms with Gasteiger partial charge in [0.25, 0.3) is 0 Å². The van der Waals surface area contributed by atoms with E-state index in [-0.39, 0.29) is 18.0 Å². The molecule has 20 heavy (non-hydrogen) atoms. The Balaban J connectivity index is 1.87. The van der Waals surface area contributed by atoms with Crippen LogP contribution in [0.2, 0.25) is 0 Å². The van der Waals surface area contributed by atoms with Crippen LogP contribution in [0.25, 0.3) is 0 Å². The maximum absolute atomic E-state index is 11.9. The van der Waals surface area contributed by atoms with Gasteiger partial charge in [0.05, 0.1) is 13.2 Å². The van der Waals surface area contributed by atoms with Crippen LogP contribution in [-0.2, 0) is 11.2 Å². The van der Waals surface area contributed by atoms with Crippen LogP contribution < -0.4 is 15.4 Å². The van der Waals surface area contributed by atoms with E-state index in [9.17, 15) is 4.79 Å². The highest BCUT2D eigenvalue weighted by Crippen LogP contribution is 2.13. The summed E-state index contributed by atoms with van der Waals surface area (Å²) in [6.07, 6.45) is 4.02. The number of hydrogen-bond acceptors (Lipinski definition) is 3. The Hall–Kier alpha value is -1.55. The third kappa shape index (κ3) is 4.23. The van der Waals surface area contributed by atoms with Crippen molar-refractivity contribution < 1.29 is 9.53 Å². The van der Waals surface area contributed by atoms with Gasteiger partial charge in [-0.2, -0.15) is 0 Å². The van der Waals surface area contributed by atoms with E-state index >= 15 is 0 Å². The molecule has 1 amide bonds. The fourth-order valence-electron chi connectivity index (χ4n) is 2.62. The Morgan fingerprint density at radius 1 is 1.35 bits per heavy atom. The van der Waals surface area contributed by atoms with Crippen molar-refractivity contribution in [2.75, 3.05) is 13.7 Å². The Kier molecular flexibility index (Phi) is 5.41. The zero-order chi connectivity index (χ0) is 14.4. The van der Waals surface area contributed by atoms with E-state index in [0.29, 0.717) is 0 Å². The van der Waals surface area contributed by atoms with Crippen LogP contribution in [0.1, 0.15) is 31.7 Å². The molecule has 0 radical (unpaired) electrons. The average Bonchev–Trinajstić information content (AvgIpc) is 2.65. The van der Waals surface area contributed by atoms with Gasteiger partial charge >= 0.3 is 0 Å². The number of ether oxygens (including phenoxy) is 1. The standard InChI is InChI=1S/C16H24N2O2/c1-12(11-13-6-8-14(20-2)9-7-13)18-15-5-3-4-10-17-16(15)19/h6-9,12,15,18H,3-5,10-11H2,1-2H3,(H,17,19)/t12-,15+/m0/s1. The molecule has 0 aliphatic carbocycles. The third-order valence-corrected chi connectivity index (χ3v) is 3.72. The van der Waals surface area contributed by atoms with E-state index in [0.717, 1.165) is 38.0 Å². The first kappa shape index (κ1) is 14.9. The number of carbonyl (C=O) groups is 1. The molecule has 2 rings (SSSR count). The monoisotopic (exact) mass is 276 g/mol. The van der Waals surface area contributed by atoms with Gasteiger partial charge in [-0.15, -0.1) is 0 Å². The molecule has 2 N–H and O–H groups in total. The van der Waals surface area contributed by atoms with Crippen molar-refractivity contribution in [3.8, 4) is 5.75 Å². The molecule has 1 aliphatic rings. The fraction of sp³-hybridized carbons (Fsp3) is 0.562. The highest BCUT2D eigenvalue weighted by molar-refractivity contribution is 5.81. The van der Waals surface area contributed by atoms with E-state index in [1.54, 1.807) is 7.11 Å². The Labute approximate surface area is 120 Å². The first-order valence-electron chi connectivity index (χ1n) is 7.35. The number of hydrogen-bond donors (Lipinski definition) is 2. The van der Waals surface area contributed by atoms with E-state index in [1.807, 2.05) is 12.1 Å². The molecule has 0 bridgehead atoms. The van der Waals surface area contributed by atoms with Crippen molar-refractivity contribution >= 4 is 5.91 Å². The van der Waals surface area contributed by atoms with Crippen LogP contribution in [0.5, 0.6) is 5.75 Å². The van der Waals surface area contributed by atoms with Crippen molar-refractivity contribution in [3.05, 3.63) is 29.8 Å². The van der Waals surface area contributed by atoms with Gasteiger partial charge in [0, 0.05) is 12.6 Å². The minimum Gasteiger partial charge on any atom is -0.497 e. The average molecular weight is 276 g/mol. The summed E-state index contributed by atoms with van der Waals surface area (Å²) in [7, 11) is 1.67. The van der Waals surface area contributed by atoms with Crippen LogP contribution in [0.15, 0.2) is 24.3 Å². The Morgan fingerprint density at radius 3 is 2.80 bits per heavy atom. The summed E-state index contributed by atoms with van der Waals surface area (Å²) in [5.74, 6) is 1.02. The number of methoxy groups -OCH3 is 1. The van der Waals surface area contributed by atoms with Crippen LogP contribution in [0.4, 0.5) is 0 Å². The first-order chi connectivity index (χ1) is 9.69. The third-order valence-electron chi connectivity index (χ3n) is 3.72. The number of carbonyl (C=O) groups excluding carboxylic acids is 1. The van der Waals surface area contributed by atoms with Crippen molar-refractivity contribution in [1.29, 1.82) is 0 Å². The molecular formula is C16H24N2O2. The Morgan fingerprint density at radius 2 is 2.10 bits per heavy atom. The van der Waals surface area contributed by atoms with Crippen molar-refractivity contribution in [3.63, 3.8) is 0 Å². The maximum atomic E-state index is 11.9. The minimum atomic E-state index is -0.0502. The second-order valence-corrected chi connectivity index (χ2v) is 5.46. The quantitative estimate of drug-likeness (QED) is 0.863. The molecule has 1 saturated heterocycles. The zero-order valence-corrected chi connectivity index (χ0v) is 12.3. The number of rotatable bonds is 5. The molecule has 0 aromatic heterocycles. The molecular weight excluding hydrogens is 252 g/mol. The highest BCUT2D eigenvalue weighted by atomic mass is 16.5. The molecule has 0 saturated carbocycles. The van der Waals surface area contributed by atoms with Gasteiger partial charge in [0.15, 0.2) is 0 Å². The lowest BCUT2D eigenvalue weighted by atomic mass is 10.0. The van der Waals surface area contributed by atoms with Crippen LogP contribution in [0.3, 0.4) is 0 Å². The maximum Gasteiger partial charge on any atom is 0.237 e. The highest BCUT2D eigenvalue weighted by Gasteiger charge is 2.21. The summed E-state index contributed by atoms with van der Waals surface area (Å²) in [5.41, 5.74) is 1.25. The van der Waals surface area contributed by atoms with Crippen molar-refractivity contribution in [2.45, 2.75) is 44.7 Å². The topological polar surface area (TPSA) is 50.4 Å². The van der Waals surface area contributed by atoms with Crippen LogP contribution in [0, 0.1) is 0 Å². The van der Waals surface area contributed by atoms with Gasteiger partial charge in [0.1, 0.15) is 5.75 Å². The predicted molar refractivity (Wildman–Crippen MR) is 79.9 cm³/mol. The van der Waals surface area contributed by atoms with Crippen LogP contribution >= 0.6 is 0 Å². The van der Waals surface area contributed by atoms with Gasteiger partial charge < -0.3 is 15.4 Å². The first-order valence-corrected chi connectivity index (χ1v) is 7.35. The van der Waals surface area contributed by atoms with Crippen molar-refractivity contribution in [2.24, 2.45) is 0 Å². The number of benzene rings is 1. The molecule has 1 aliphatic heterocycles. The molecule has 1 aromatic rings. The van der Waals surface area contributed by atoms with Gasteiger partial charge in [-0.3, -0.25) is 4.79 Å². The predicted octanol–water partition coefficient (Wildman–Crippen LogP) is 1.88. The van der Waals surface area contributed by atoms with Crippen LogP contribution in [-0.4, -0.2) is 31.6 Å². The Bertz CT molecular complexity index is 431. The SMILES string of the molecule is COc1ccc(C[C@H](C)N[C@@H]2CCCCNC2=O)cc1. The smallest absolute Gasteiger partial charge is 0.237 e. The normalized spacial score (nSPS) is 20.9. The zero-order valence-electron chi connectivity index (χ0n) is 12.3. The molecule has 1 fully saturated rings. The lowest BCUT2D eigenvalue weighted by molar-refractivity contribution is -0.123. The van der Waals surface area contributed by atoms with Gasteiger partial charge in [0.2, 0.25) is 5.91 Å². The van der Waals surface area contributed by atoms with E-state index < -0.39 is 0 Å². The minimum absolute atomic E-state index is 0.0502. The van der Waals surface area contributed by atoms with E-state index in [4.69, 9.17) is 4.74 Å². The second kappa shape index (κ2) is 7.29. The molecule has 110 valence electrons. The summed E-state index contributed by atoms with van der Waals surface area (Å²) in [5, 5.41) is 6.40. The van der Waals surface area contributed by atoms with Crippen molar-refractivity contribution in [1.82, 2.24) is 10.6 Å². The van der Waals surface area contributed by atoms with Gasteiger partial charge in [-0.1, -0.05) is 12.1 Å². The molecule has 0 unspecified atom stereocenters. The van der Waals surface area contributed by atoms with Gasteiger partial charge in [-0.05, 0) is 50.3 Å². The molecule has 1 aromatic carbocycles. The molecule has 2 atom stereocenters. The van der Waals surface area contributed by atoms with E-state index in [1.165, 1.54) is 5.56 Å². The molecule has 4 nitrogen and oxygen atoms in total. The lowest BCUT2D eigenvalue weighted by Crippen LogP contribution is -2.47. The van der Waals surface area contributed by atoms with E-state index in [2.05, 4.69) is 29.7 Å². The molecule has 0 spiro atoms. The summed E-state index contributed by atoms with van der Waals surface area (Å²) in [6, 6.07) is 8.32. The number of nitrogens with one attached hydrogen (secondary N) is 2. The molecule has 1 heterocycles. The largest absolute Gasteiger partial charge is 0.497 e. The number of amides is 1.